The van der Waals surface area contributed by atoms with E-state index >= 15 is 0 Å². The van der Waals surface area contributed by atoms with Gasteiger partial charge < -0.3 is 0 Å². The molecule has 0 N–H and O–H groups in total. The average Bonchev–Trinajstić information content (AvgIpc) is 3.19. The minimum Gasteiger partial charge on any atom is -0.267 e. The molecule has 0 unspecified atom stereocenters. The Kier molecular flexibility index (Phi) is 4.18. The minimum atomic E-state index is -0.0709. The van der Waals surface area contributed by atoms with Gasteiger partial charge in [0.2, 0.25) is 0 Å². The molecule has 6 heteroatoms. The molecule has 0 fully saturated rings. The van der Waals surface area contributed by atoms with Crippen LogP contribution in [0.5, 0.6) is 0 Å². The molecule has 4 heterocycles. The van der Waals surface area contributed by atoms with Gasteiger partial charge >= 0.3 is 0 Å². The van der Waals surface area contributed by atoms with E-state index in [0.29, 0.717) is 18.4 Å². The first-order chi connectivity index (χ1) is 13.8. The number of aryl methyl sites for hydroxylation is 2. The van der Waals surface area contributed by atoms with E-state index in [9.17, 15) is 4.79 Å². The molecule has 0 spiro atoms. The normalized spacial score (nSPS) is 11.3. The molecule has 28 heavy (non-hydrogen) atoms. The molecule has 0 saturated heterocycles. The summed E-state index contributed by atoms with van der Waals surface area (Å²) in [4.78, 5) is 21.9. The van der Waals surface area contributed by atoms with Gasteiger partial charge in [-0.2, -0.15) is 5.10 Å². The van der Waals surface area contributed by atoms with Crippen LogP contribution in [0, 0.1) is 0 Å². The van der Waals surface area contributed by atoms with Crippen LogP contribution in [0.3, 0.4) is 0 Å². The van der Waals surface area contributed by atoms with Crippen molar-refractivity contribution in [1.29, 1.82) is 0 Å². The van der Waals surface area contributed by atoms with Crippen LogP contribution >= 0.6 is 11.3 Å². The molecule has 0 aliphatic carbocycles. The Morgan fingerprint density at radius 2 is 1.93 bits per heavy atom. The number of pyridine rings is 2. The van der Waals surface area contributed by atoms with E-state index in [1.165, 1.54) is 16.0 Å². The Labute approximate surface area is 164 Å². The van der Waals surface area contributed by atoms with Gasteiger partial charge in [0.1, 0.15) is 0 Å². The minimum absolute atomic E-state index is 0.0709. The summed E-state index contributed by atoms with van der Waals surface area (Å²) in [7, 11) is 0. The SMILES string of the molecule is O=c1c2c(-c3cccnc3)csc2cnn1CCc1ccc2ccccc2n1. The Morgan fingerprint density at radius 1 is 1.00 bits per heavy atom. The second-order valence-electron chi connectivity index (χ2n) is 6.55. The Hall–Kier alpha value is -3.38. The van der Waals surface area contributed by atoms with Crippen molar-refractivity contribution in [3.8, 4) is 11.1 Å². The highest BCUT2D eigenvalue weighted by atomic mass is 32.1. The molecule has 0 amide bonds. The Bertz CT molecular complexity index is 1340. The number of thiophene rings is 1. The highest BCUT2D eigenvalue weighted by Crippen LogP contribution is 2.30. The van der Waals surface area contributed by atoms with Crippen LogP contribution < -0.4 is 5.56 Å². The maximum atomic E-state index is 13.1. The van der Waals surface area contributed by atoms with E-state index in [4.69, 9.17) is 0 Å². The second kappa shape index (κ2) is 6.98. The zero-order valence-corrected chi connectivity index (χ0v) is 15.8. The van der Waals surface area contributed by atoms with Crippen molar-refractivity contribution in [2.24, 2.45) is 0 Å². The van der Waals surface area contributed by atoms with Crippen LogP contribution in [0.15, 0.2) is 77.3 Å². The van der Waals surface area contributed by atoms with Crippen LogP contribution in [0.25, 0.3) is 32.1 Å². The van der Waals surface area contributed by atoms with Gasteiger partial charge in [0.05, 0.1) is 28.3 Å². The third kappa shape index (κ3) is 2.97. The summed E-state index contributed by atoms with van der Waals surface area (Å²) in [6.07, 6.45) is 5.93. The average molecular weight is 384 g/mol. The number of rotatable bonds is 4. The summed E-state index contributed by atoms with van der Waals surface area (Å²) in [6, 6.07) is 16.0. The monoisotopic (exact) mass is 384 g/mol. The molecule has 136 valence electrons. The molecule has 0 atom stereocenters. The van der Waals surface area contributed by atoms with Crippen molar-refractivity contribution in [3.05, 3.63) is 88.5 Å². The lowest BCUT2D eigenvalue weighted by atomic mass is 10.1. The first kappa shape index (κ1) is 16.8. The summed E-state index contributed by atoms with van der Waals surface area (Å²) in [5, 5.41) is 8.18. The van der Waals surface area contributed by atoms with Crippen molar-refractivity contribution in [2.45, 2.75) is 13.0 Å². The van der Waals surface area contributed by atoms with E-state index in [2.05, 4.69) is 21.1 Å². The number of fused-ring (bicyclic) bond motifs is 2. The third-order valence-electron chi connectivity index (χ3n) is 4.79. The van der Waals surface area contributed by atoms with Crippen LogP contribution in [0.2, 0.25) is 0 Å². The maximum absolute atomic E-state index is 13.1. The zero-order chi connectivity index (χ0) is 18.9. The standard InChI is InChI=1S/C22H16N4OS/c27-22-21-18(16-5-3-10-23-12-16)14-28-20(21)13-24-26(22)11-9-17-8-7-15-4-1-2-6-19(15)25-17/h1-8,10,12-14H,9,11H2. The van der Waals surface area contributed by atoms with Crippen LogP contribution in [0.1, 0.15) is 5.69 Å². The van der Waals surface area contributed by atoms with Gasteiger partial charge in [0, 0.05) is 46.4 Å². The van der Waals surface area contributed by atoms with Gasteiger partial charge in [-0.1, -0.05) is 30.3 Å². The number of benzene rings is 1. The summed E-state index contributed by atoms with van der Waals surface area (Å²) in [6.45, 7) is 0.489. The highest BCUT2D eigenvalue weighted by Gasteiger charge is 2.13. The molecule has 4 aromatic heterocycles. The molecule has 5 nitrogen and oxygen atoms in total. The van der Waals surface area contributed by atoms with Gasteiger partial charge in [0.15, 0.2) is 0 Å². The largest absolute Gasteiger partial charge is 0.276 e. The van der Waals surface area contributed by atoms with E-state index in [1.807, 2.05) is 47.8 Å². The zero-order valence-electron chi connectivity index (χ0n) is 14.9. The summed E-state index contributed by atoms with van der Waals surface area (Å²) < 4.78 is 2.43. The number of nitrogens with zero attached hydrogens (tertiary/aromatic N) is 4. The summed E-state index contributed by atoms with van der Waals surface area (Å²) in [5.74, 6) is 0. The number of hydrogen-bond acceptors (Lipinski definition) is 5. The molecule has 0 aliphatic rings. The highest BCUT2D eigenvalue weighted by molar-refractivity contribution is 7.17. The van der Waals surface area contributed by atoms with Gasteiger partial charge in [-0.3, -0.25) is 14.8 Å². The third-order valence-corrected chi connectivity index (χ3v) is 5.71. The van der Waals surface area contributed by atoms with Crippen LogP contribution in [-0.4, -0.2) is 19.7 Å². The molecule has 1 aromatic carbocycles. The molecule has 0 saturated carbocycles. The van der Waals surface area contributed by atoms with E-state index in [0.717, 1.165) is 32.4 Å². The molecule has 5 rings (SSSR count). The fourth-order valence-corrected chi connectivity index (χ4v) is 4.28. The smallest absolute Gasteiger partial charge is 0.267 e. The molecule has 0 aliphatic heterocycles. The summed E-state index contributed by atoms with van der Waals surface area (Å²) >= 11 is 1.53. The van der Waals surface area contributed by atoms with Crippen LogP contribution in [0.4, 0.5) is 0 Å². The maximum Gasteiger partial charge on any atom is 0.276 e. The van der Waals surface area contributed by atoms with Gasteiger partial charge in [0.25, 0.3) is 5.56 Å². The quantitative estimate of drug-likeness (QED) is 0.463. The first-order valence-corrected chi connectivity index (χ1v) is 9.90. The van der Waals surface area contributed by atoms with Crippen LogP contribution in [-0.2, 0) is 13.0 Å². The second-order valence-corrected chi connectivity index (χ2v) is 7.46. The Balaban J connectivity index is 1.49. The molecule has 0 radical (unpaired) electrons. The van der Waals surface area contributed by atoms with E-state index in [1.54, 1.807) is 18.6 Å². The lowest BCUT2D eigenvalue weighted by Gasteiger charge is -2.06. The molecule has 5 aromatic rings. The van der Waals surface area contributed by atoms with Crippen molar-refractivity contribution in [3.63, 3.8) is 0 Å². The first-order valence-electron chi connectivity index (χ1n) is 9.02. The van der Waals surface area contributed by atoms with E-state index < -0.39 is 0 Å². The van der Waals surface area contributed by atoms with Crippen molar-refractivity contribution in [1.82, 2.24) is 19.7 Å². The number of hydrogen-bond donors (Lipinski definition) is 0. The lowest BCUT2D eigenvalue weighted by molar-refractivity contribution is 0.580. The van der Waals surface area contributed by atoms with Gasteiger partial charge in [-0.25, -0.2) is 4.68 Å². The topological polar surface area (TPSA) is 60.7 Å². The lowest BCUT2D eigenvalue weighted by Crippen LogP contribution is -2.23. The predicted octanol–water partition coefficient (Wildman–Crippen LogP) is 4.31. The van der Waals surface area contributed by atoms with Crippen molar-refractivity contribution >= 4 is 32.3 Å². The molecular formula is C22H16N4OS. The van der Waals surface area contributed by atoms with Gasteiger partial charge in [-0.15, -0.1) is 11.3 Å². The summed E-state index contributed by atoms with van der Waals surface area (Å²) in [5.41, 5.74) is 3.70. The van der Waals surface area contributed by atoms with Crippen molar-refractivity contribution in [2.75, 3.05) is 0 Å². The van der Waals surface area contributed by atoms with E-state index in [-0.39, 0.29) is 5.56 Å². The Morgan fingerprint density at radius 3 is 2.82 bits per heavy atom. The fraction of sp³-hybridized carbons (Fsp3) is 0.0909. The molecule has 0 bridgehead atoms. The predicted molar refractivity (Wildman–Crippen MR) is 113 cm³/mol. The van der Waals surface area contributed by atoms with Crippen molar-refractivity contribution < 1.29 is 0 Å². The number of para-hydroxylation sites is 1. The molecular weight excluding hydrogens is 368 g/mol. The fourth-order valence-electron chi connectivity index (χ4n) is 3.35. The number of aromatic nitrogens is 4. The van der Waals surface area contributed by atoms with Gasteiger partial charge in [-0.05, 0) is 18.2 Å².